The van der Waals surface area contributed by atoms with Crippen LogP contribution in [-0.2, 0) is 4.79 Å². The lowest BCUT2D eigenvalue weighted by Crippen LogP contribution is -2.19. The maximum atomic E-state index is 12.1. The minimum atomic E-state index is 0.337. The van der Waals surface area contributed by atoms with E-state index in [2.05, 4.69) is 71.6 Å². The van der Waals surface area contributed by atoms with Crippen molar-refractivity contribution in [3.05, 3.63) is 66.7 Å². The van der Waals surface area contributed by atoms with Crippen LogP contribution in [0.3, 0.4) is 0 Å². The summed E-state index contributed by atoms with van der Waals surface area (Å²) in [4.78, 5) is 14.3. The number of carbonyl (C=O) groups is 1. The first-order chi connectivity index (χ1) is 14.8. The number of hydrogen-bond acceptors (Lipinski definition) is 2. The Morgan fingerprint density at radius 2 is 1.03 bits per heavy atom. The molecule has 0 aromatic heterocycles. The van der Waals surface area contributed by atoms with E-state index in [1.807, 2.05) is 0 Å². The zero-order valence-corrected chi connectivity index (χ0v) is 16.3. The predicted molar refractivity (Wildman–Crippen MR) is 127 cm³/mol. The highest BCUT2D eigenvalue weighted by atomic mass is 16.1. The molecule has 2 heteroatoms. The van der Waals surface area contributed by atoms with Crippen LogP contribution in [0.2, 0.25) is 0 Å². The predicted octanol–water partition coefficient (Wildman–Crippen LogP) is 6.70. The van der Waals surface area contributed by atoms with Crippen LogP contribution in [0.5, 0.6) is 0 Å². The number of Topliss-reactive ketones (excluding diaryl/α,β-unsaturated/α-hetero) is 1. The summed E-state index contributed by atoms with van der Waals surface area (Å²) < 4.78 is 0. The normalized spacial score (nSPS) is 15.6. The van der Waals surface area contributed by atoms with Gasteiger partial charge in [0.1, 0.15) is 0 Å². The molecule has 0 amide bonds. The molecule has 1 aliphatic heterocycles. The van der Waals surface area contributed by atoms with Gasteiger partial charge in [0, 0.05) is 29.4 Å². The molecule has 0 saturated carbocycles. The summed E-state index contributed by atoms with van der Waals surface area (Å²) in [5.74, 6) is 0.337. The third kappa shape index (κ3) is 1.63. The van der Waals surface area contributed by atoms with E-state index in [1.165, 1.54) is 70.3 Å². The first kappa shape index (κ1) is 15.2. The summed E-state index contributed by atoms with van der Waals surface area (Å²) in [6.07, 6.45) is 0.651. The molecule has 0 atom stereocenters. The van der Waals surface area contributed by atoms with Gasteiger partial charge < -0.3 is 4.90 Å². The molecule has 1 aliphatic rings. The highest BCUT2D eigenvalue weighted by Gasteiger charge is 2.25. The molecule has 0 N–H and O–H groups in total. The second kappa shape index (κ2) is 4.91. The van der Waals surface area contributed by atoms with Crippen molar-refractivity contribution in [1.29, 1.82) is 0 Å². The standard InChI is InChI=1S/C28H17NO/c30-20-11-12-29(14-20)22-13-19-8-7-17-4-2-15-1-3-16-5-6-18-9-10-21(22)28-26(18)24(16)23(15)25(17)27(19)28/h1-10,13H,11-12,14H2. The molecule has 2 nitrogen and oxygen atoms in total. The van der Waals surface area contributed by atoms with E-state index in [-0.39, 0.29) is 0 Å². The fraction of sp³-hybridized carbons (Fsp3) is 0.107. The fourth-order valence-electron chi connectivity index (χ4n) is 6.07. The number of nitrogens with zero attached hydrogens (tertiary/aromatic N) is 1. The third-order valence-electron chi connectivity index (χ3n) is 7.35. The van der Waals surface area contributed by atoms with Crippen molar-refractivity contribution in [2.45, 2.75) is 6.42 Å². The summed E-state index contributed by atoms with van der Waals surface area (Å²) in [6, 6.07) is 24.9. The molecule has 30 heavy (non-hydrogen) atoms. The summed E-state index contributed by atoms with van der Waals surface area (Å²) in [5, 5.41) is 16.0. The third-order valence-corrected chi connectivity index (χ3v) is 7.35. The molecule has 0 unspecified atom stereocenters. The van der Waals surface area contributed by atoms with Crippen LogP contribution < -0.4 is 4.90 Å². The summed E-state index contributed by atoms with van der Waals surface area (Å²) >= 11 is 0. The van der Waals surface area contributed by atoms with Crippen LogP contribution in [-0.4, -0.2) is 18.9 Å². The monoisotopic (exact) mass is 383 g/mol. The second-order valence-electron chi connectivity index (χ2n) is 8.85. The Morgan fingerprint density at radius 1 is 0.567 bits per heavy atom. The summed E-state index contributed by atoms with van der Waals surface area (Å²) in [7, 11) is 0. The largest absolute Gasteiger partial charge is 0.363 e. The number of benzene rings is 7. The van der Waals surface area contributed by atoms with E-state index in [0.29, 0.717) is 18.7 Å². The van der Waals surface area contributed by atoms with Gasteiger partial charge in [-0.25, -0.2) is 0 Å². The van der Waals surface area contributed by atoms with Gasteiger partial charge in [0.25, 0.3) is 0 Å². The van der Waals surface area contributed by atoms with E-state index < -0.39 is 0 Å². The van der Waals surface area contributed by atoms with Gasteiger partial charge in [-0.3, -0.25) is 4.79 Å². The maximum absolute atomic E-state index is 12.1. The van der Waals surface area contributed by atoms with E-state index in [4.69, 9.17) is 0 Å². The molecule has 140 valence electrons. The molecule has 1 heterocycles. The van der Waals surface area contributed by atoms with Gasteiger partial charge >= 0.3 is 0 Å². The lowest BCUT2D eigenvalue weighted by atomic mass is 9.82. The van der Waals surface area contributed by atoms with Crippen LogP contribution in [0.25, 0.3) is 64.6 Å². The van der Waals surface area contributed by atoms with Crippen LogP contribution >= 0.6 is 0 Å². The molecule has 0 bridgehead atoms. The Bertz CT molecular complexity index is 1740. The zero-order valence-electron chi connectivity index (χ0n) is 16.3. The van der Waals surface area contributed by atoms with Crippen molar-refractivity contribution in [3.8, 4) is 0 Å². The molecule has 1 saturated heterocycles. The molecule has 0 aliphatic carbocycles. The minimum absolute atomic E-state index is 0.337. The first-order valence-corrected chi connectivity index (χ1v) is 10.6. The minimum Gasteiger partial charge on any atom is -0.363 e. The Morgan fingerprint density at radius 3 is 1.57 bits per heavy atom. The van der Waals surface area contributed by atoms with Crippen molar-refractivity contribution < 1.29 is 4.79 Å². The van der Waals surface area contributed by atoms with Crippen LogP contribution in [0.15, 0.2) is 66.7 Å². The Balaban J connectivity index is 1.73. The highest BCUT2D eigenvalue weighted by molar-refractivity contribution is 6.45. The highest BCUT2D eigenvalue weighted by Crippen LogP contribution is 2.50. The van der Waals surface area contributed by atoms with Gasteiger partial charge in [0.2, 0.25) is 0 Å². The number of ketones is 1. The van der Waals surface area contributed by atoms with Crippen molar-refractivity contribution in [2.24, 2.45) is 0 Å². The number of rotatable bonds is 1. The SMILES string of the molecule is O=C1CCN(c2cc3ccc4ccc5ccc6ccc7ccc2c2c7c6c5c4c32)C1. The quantitative estimate of drug-likeness (QED) is 0.232. The van der Waals surface area contributed by atoms with Gasteiger partial charge in [-0.2, -0.15) is 0 Å². The van der Waals surface area contributed by atoms with E-state index in [1.54, 1.807) is 0 Å². The molecule has 0 radical (unpaired) electrons. The number of carbonyl (C=O) groups excluding carboxylic acids is 1. The molecule has 0 spiro atoms. The van der Waals surface area contributed by atoms with Gasteiger partial charge in [-0.1, -0.05) is 60.7 Å². The topological polar surface area (TPSA) is 20.3 Å². The van der Waals surface area contributed by atoms with Gasteiger partial charge in [-0.05, 0) is 59.9 Å². The van der Waals surface area contributed by atoms with Crippen molar-refractivity contribution >= 4 is 76.1 Å². The fourth-order valence-corrected chi connectivity index (χ4v) is 6.07. The van der Waals surface area contributed by atoms with E-state index >= 15 is 0 Å². The smallest absolute Gasteiger partial charge is 0.153 e. The van der Waals surface area contributed by atoms with E-state index in [9.17, 15) is 4.79 Å². The van der Waals surface area contributed by atoms with Gasteiger partial charge in [0.05, 0.1) is 6.54 Å². The first-order valence-electron chi connectivity index (χ1n) is 10.6. The Kier molecular flexibility index (Phi) is 2.49. The molecule has 8 rings (SSSR count). The molecular weight excluding hydrogens is 366 g/mol. The van der Waals surface area contributed by atoms with Gasteiger partial charge in [-0.15, -0.1) is 0 Å². The number of hydrogen-bond donors (Lipinski definition) is 0. The lowest BCUT2D eigenvalue weighted by Gasteiger charge is -2.25. The van der Waals surface area contributed by atoms with Crippen LogP contribution in [0, 0.1) is 0 Å². The van der Waals surface area contributed by atoms with Crippen LogP contribution in [0.1, 0.15) is 6.42 Å². The van der Waals surface area contributed by atoms with Gasteiger partial charge in [0.15, 0.2) is 5.78 Å². The summed E-state index contributed by atoms with van der Waals surface area (Å²) in [5.41, 5.74) is 1.20. The van der Waals surface area contributed by atoms with E-state index in [0.717, 1.165) is 6.54 Å². The van der Waals surface area contributed by atoms with Crippen molar-refractivity contribution in [1.82, 2.24) is 0 Å². The Hall–Kier alpha value is -3.65. The molecule has 7 aromatic rings. The Labute approximate surface area is 172 Å². The van der Waals surface area contributed by atoms with Crippen LogP contribution in [0.4, 0.5) is 5.69 Å². The average Bonchev–Trinajstić information content (AvgIpc) is 3.22. The average molecular weight is 383 g/mol. The maximum Gasteiger partial charge on any atom is 0.153 e. The van der Waals surface area contributed by atoms with Crippen molar-refractivity contribution in [2.75, 3.05) is 18.0 Å². The lowest BCUT2D eigenvalue weighted by molar-refractivity contribution is -0.116. The number of anilines is 1. The molecular formula is C28H17NO. The molecule has 1 fully saturated rings. The summed E-state index contributed by atoms with van der Waals surface area (Å²) in [6.45, 7) is 1.34. The zero-order chi connectivity index (χ0) is 19.6. The molecule has 7 aromatic carbocycles. The second-order valence-corrected chi connectivity index (χ2v) is 8.85. The van der Waals surface area contributed by atoms with Crippen molar-refractivity contribution in [3.63, 3.8) is 0 Å².